The number of hydrogen-bond acceptors (Lipinski definition) is 7. The monoisotopic (exact) mass is 416 g/mol. The summed E-state index contributed by atoms with van der Waals surface area (Å²) in [6.07, 6.45) is 2.97. The molecule has 4 aromatic rings. The quantitative estimate of drug-likeness (QED) is 0.523. The van der Waals surface area contributed by atoms with E-state index in [4.69, 9.17) is 4.42 Å². The third kappa shape index (κ3) is 2.89. The average molecular weight is 417 g/mol. The highest BCUT2D eigenvalue weighted by atomic mass is 32.1. The van der Waals surface area contributed by atoms with E-state index in [1.54, 1.807) is 23.5 Å². The number of thiophene rings is 1. The van der Waals surface area contributed by atoms with E-state index in [1.165, 1.54) is 38.2 Å². The molecule has 10 heteroatoms. The van der Waals surface area contributed by atoms with Gasteiger partial charge in [-0.05, 0) is 23.6 Å². The van der Waals surface area contributed by atoms with Crippen LogP contribution in [-0.4, -0.2) is 56.7 Å². The van der Waals surface area contributed by atoms with E-state index in [9.17, 15) is 9.90 Å². The van der Waals surface area contributed by atoms with Crippen molar-refractivity contribution in [1.82, 2.24) is 19.5 Å². The first kappa shape index (κ1) is 17.4. The van der Waals surface area contributed by atoms with E-state index in [1.807, 2.05) is 16.3 Å². The SMILES string of the molecule is O=C(c1ccco1)N1CC[NH+]([C@H](c2cccs2)c2sc3ncnn3c2O)CC1. The van der Waals surface area contributed by atoms with Gasteiger partial charge in [0.05, 0.1) is 37.3 Å². The Bertz CT molecular complexity index is 1080. The second kappa shape index (κ2) is 7.04. The lowest BCUT2D eigenvalue weighted by atomic mass is 10.1. The van der Waals surface area contributed by atoms with Crippen molar-refractivity contribution in [3.63, 3.8) is 0 Å². The number of amides is 1. The molecule has 28 heavy (non-hydrogen) atoms. The number of furan rings is 1. The number of carbonyl (C=O) groups excluding carboxylic acids is 1. The molecule has 0 radical (unpaired) electrons. The lowest BCUT2D eigenvalue weighted by molar-refractivity contribution is -0.928. The zero-order valence-electron chi connectivity index (χ0n) is 14.8. The maximum absolute atomic E-state index is 12.5. The first-order valence-electron chi connectivity index (χ1n) is 8.94. The Morgan fingerprint density at radius 3 is 2.82 bits per heavy atom. The van der Waals surface area contributed by atoms with Crippen LogP contribution in [0.2, 0.25) is 0 Å². The minimum absolute atomic E-state index is 0.00522. The number of nitrogens with one attached hydrogen (secondary N) is 1. The van der Waals surface area contributed by atoms with Crippen molar-refractivity contribution >= 4 is 33.5 Å². The van der Waals surface area contributed by atoms with Gasteiger partial charge < -0.3 is 19.3 Å². The third-order valence-corrected chi connectivity index (χ3v) is 7.10. The van der Waals surface area contributed by atoms with Crippen molar-refractivity contribution < 1.29 is 19.2 Å². The summed E-state index contributed by atoms with van der Waals surface area (Å²) in [6, 6.07) is 7.54. The van der Waals surface area contributed by atoms with Crippen molar-refractivity contribution in [2.45, 2.75) is 6.04 Å². The molecule has 1 aliphatic rings. The van der Waals surface area contributed by atoms with Gasteiger partial charge in [0.15, 0.2) is 11.8 Å². The van der Waals surface area contributed by atoms with Gasteiger partial charge in [-0.3, -0.25) is 4.79 Å². The molecule has 1 fully saturated rings. The van der Waals surface area contributed by atoms with Crippen LogP contribution in [-0.2, 0) is 0 Å². The van der Waals surface area contributed by atoms with Gasteiger partial charge in [-0.1, -0.05) is 17.4 Å². The van der Waals surface area contributed by atoms with Crippen molar-refractivity contribution in [1.29, 1.82) is 0 Å². The van der Waals surface area contributed by atoms with E-state index >= 15 is 0 Å². The number of aromatic nitrogens is 3. The van der Waals surface area contributed by atoms with E-state index in [0.29, 0.717) is 23.8 Å². The van der Waals surface area contributed by atoms with E-state index in [0.717, 1.165) is 18.0 Å². The summed E-state index contributed by atoms with van der Waals surface area (Å²) in [4.78, 5) is 22.6. The van der Waals surface area contributed by atoms with Crippen LogP contribution in [0.3, 0.4) is 0 Å². The summed E-state index contributed by atoms with van der Waals surface area (Å²) in [5, 5.41) is 16.9. The number of aromatic hydroxyl groups is 1. The van der Waals surface area contributed by atoms with Crippen LogP contribution < -0.4 is 4.90 Å². The largest absolute Gasteiger partial charge is 0.492 e. The maximum Gasteiger partial charge on any atom is 0.289 e. The lowest BCUT2D eigenvalue weighted by Crippen LogP contribution is -3.15. The summed E-state index contributed by atoms with van der Waals surface area (Å²) in [6.45, 7) is 2.83. The van der Waals surface area contributed by atoms with Crippen LogP contribution in [0, 0.1) is 0 Å². The zero-order valence-corrected chi connectivity index (χ0v) is 16.4. The highest BCUT2D eigenvalue weighted by Crippen LogP contribution is 2.36. The molecular weight excluding hydrogens is 398 g/mol. The van der Waals surface area contributed by atoms with Crippen LogP contribution in [0.15, 0.2) is 46.7 Å². The van der Waals surface area contributed by atoms with Crippen molar-refractivity contribution in [2.24, 2.45) is 0 Å². The Labute approximate surface area is 168 Å². The Balaban J connectivity index is 1.41. The zero-order chi connectivity index (χ0) is 19.1. The van der Waals surface area contributed by atoms with Crippen LogP contribution in [0.25, 0.3) is 4.96 Å². The van der Waals surface area contributed by atoms with Crippen molar-refractivity contribution in [3.05, 3.63) is 57.8 Å². The van der Waals surface area contributed by atoms with E-state index < -0.39 is 0 Å². The Kier molecular flexibility index (Phi) is 4.38. The van der Waals surface area contributed by atoms with Gasteiger partial charge >= 0.3 is 0 Å². The molecule has 4 aromatic heterocycles. The second-order valence-electron chi connectivity index (χ2n) is 6.62. The van der Waals surface area contributed by atoms with Gasteiger partial charge in [0, 0.05) is 0 Å². The van der Waals surface area contributed by atoms with Crippen LogP contribution in [0.4, 0.5) is 0 Å². The number of carbonyl (C=O) groups is 1. The Morgan fingerprint density at radius 2 is 2.14 bits per heavy atom. The normalized spacial score (nSPS) is 16.6. The van der Waals surface area contributed by atoms with Crippen LogP contribution >= 0.6 is 22.7 Å². The molecule has 1 aliphatic heterocycles. The summed E-state index contributed by atoms with van der Waals surface area (Å²) < 4.78 is 6.73. The highest BCUT2D eigenvalue weighted by molar-refractivity contribution is 7.17. The number of quaternary nitrogens is 1. The topological polar surface area (TPSA) is 88.3 Å². The molecule has 1 atom stereocenters. The molecule has 1 saturated heterocycles. The number of thiazole rings is 1. The molecule has 144 valence electrons. The van der Waals surface area contributed by atoms with Gasteiger partial charge in [-0.15, -0.1) is 11.3 Å². The fraction of sp³-hybridized carbons (Fsp3) is 0.278. The summed E-state index contributed by atoms with van der Waals surface area (Å²) in [5.74, 6) is 0.456. The summed E-state index contributed by atoms with van der Waals surface area (Å²) in [5.41, 5.74) is 0. The molecule has 0 saturated carbocycles. The summed E-state index contributed by atoms with van der Waals surface area (Å²) in [7, 11) is 0. The van der Waals surface area contributed by atoms with Gasteiger partial charge in [0.2, 0.25) is 10.8 Å². The molecule has 5 heterocycles. The maximum atomic E-state index is 12.5. The predicted octanol–water partition coefficient (Wildman–Crippen LogP) is 1.28. The number of rotatable bonds is 4. The molecule has 8 nitrogen and oxygen atoms in total. The molecular formula is C18H18N5O3S2+. The first-order chi connectivity index (χ1) is 13.7. The molecule has 0 bridgehead atoms. The van der Waals surface area contributed by atoms with Gasteiger partial charge in [-0.25, -0.2) is 4.98 Å². The number of hydrogen-bond donors (Lipinski definition) is 2. The fourth-order valence-corrected chi connectivity index (χ4v) is 5.77. The van der Waals surface area contributed by atoms with Crippen LogP contribution in [0.5, 0.6) is 5.88 Å². The molecule has 5 rings (SSSR count). The molecule has 2 N–H and O–H groups in total. The van der Waals surface area contributed by atoms with E-state index in [2.05, 4.69) is 16.1 Å². The van der Waals surface area contributed by atoms with Gasteiger partial charge in [0.1, 0.15) is 11.2 Å². The molecule has 0 unspecified atom stereocenters. The molecule has 1 amide bonds. The van der Waals surface area contributed by atoms with Crippen molar-refractivity contribution in [2.75, 3.05) is 26.2 Å². The number of nitrogens with zero attached hydrogens (tertiary/aromatic N) is 4. The standard InChI is InChI=1S/C18H17N5O3S2/c24-16(12-3-1-9-26-12)22-7-5-21(6-8-22)14(13-4-2-10-27-13)15-17(25)23-18(28-15)19-11-20-23/h1-4,9-11,14,25H,5-8H2/p+1/t14-/m1/s1. The van der Waals surface area contributed by atoms with Crippen molar-refractivity contribution in [3.8, 4) is 5.88 Å². The minimum Gasteiger partial charge on any atom is -0.492 e. The number of fused-ring (bicyclic) bond motifs is 1. The Morgan fingerprint density at radius 1 is 1.29 bits per heavy atom. The second-order valence-corrected chi connectivity index (χ2v) is 8.61. The molecule has 0 aliphatic carbocycles. The smallest absolute Gasteiger partial charge is 0.289 e. The lowest BCUT2D eigenvalue weighted by Gasteiger charge is -2.35. The molecule has 0 spiro atoms. The average Bonchev–Trinajstić information content (AvgIpc) is 3.51. The first-order valence-corrected chi connectivity index (χ1v) is 10.6. The molecule has 0 aromatic carbocycles. The van der Waals surface area contributed by atoms with Gasteiger partial charge in [-0.2, -0.15) is 9.61 Å². The highest BCUT2D eigenvalue weighted by Gasteiger charge is 2.36. The van der Waals surface area contributed by atoms with E-state index in [-0.39, 0.29) is 17.8 Å². The minimum atomic E-state index is -0.0710. The third-order valence-electron chi connectivity index (χ3n) is 5.06. The van der Waals surface area contributed by atoms with Gasteiger partial charge in [0.25, 0.3) is 5.91 Å². The Hall–Kier alpha value is -2.69. The fourth-order valence-electron chi connectivity index (χ4n) is 3.70. The van der Waals surface area contributed by atoms with Crippen LogP contribution in [0.1, 0.15) is 26.4 Å². The predicted molar refractivity (Wildman–Crippen MR) is 104 cm³/mol. The summed E-state index contributed by atoms with van der Waals surface area (Å²) >= 11 is 3.14. The number of piperazine rings is 1.